The lowest BCUT2D eigenvalue weighted by atomic mass is 10.1. The van der Waals surface area contributed by atoms with E-state index in [2.05, 4.69) is 10.2 Å². The first-order valence-electron chi connectivity index (χ1n) is 7.81. The summed E-state index contributed by atoms with van der Waals surface area (Å²) in [6.45, 7) is 10.3. The zero-order valence-corrected chi connectivity index (χ0v) is 13.7. The minimum atomic E-state index is -0.176. The Hall–Kier alpha value is -1.59. The summed E-state index contributed by atoms with van der Waals surface area (Å²) in [5.74, 6) is -0.0639. The van der Waals surface area contributed by atoms with Crippen molar-refractivity contribution in [3.63, 3.8) is 0 Å². The quantitative estimate of drug-likeness (QED) is 0.846. The van der Waals surface area contributed by atoms with Crippen LogP contribution in [-0.2, 0) is 9.47 Å². The normalized spacial score (nSPS) is 15.7. The van der Waals surface area contributed by atoms with Crippen LogP contribution in [0.5, 0.6) is 0 Å². The Labute approximate surface area is 132 Å². The van der Waals surface area contributed by atoms with Crippen molar-refractivity contribution in [1.82, 2.24) is 5.32 Å². The van der Waals surface area contributed by atoms with Gasteiger partial charge in [-0.05, 0) is 45.0 Å². The maximum Gasteiger partial charge on any atom is 0.251 e. The Kier molecular flexibility index (Phi) is 5.80. The third-order valence-electron chi connectivity index (χ3n) is 3.43. The van der Waals surface area contributed by atoms with Gasteiger partial charge >= 0.3 is 0 Å². The fourth-order valence-corrected chi connectivity index (χ4v) is 2.27. The van der Waals surface area contributed by atoms with Crippen LogP contribution in [-0.4, -0.2) is 51.0 Å². The molecular formula is C17H26N2O3. The second kappa shape index (κ2) is 7.61. The van der Waals surface area contributed by atoms with Crippen LogP contribution in [0.25, 0.3) is 0 Å². The lowest BCUT2D eigenvalue weighted by Crippen LogP contribution is -2.36. The highest BCUT2D eigenvalue weighted by Gasteiger charge is 2.13. The summed E-state index contributed by atoms with van der Waals surface area (Å²) in [5, 5.41) is 2.87. The van der Waals surface area contributed by atoms with E-state index in [1.54, 1.807) is 0 Å². The van der Waals surface area contributed by atoms with Gasteiger partial charge in [-0.3, -0.25) is 4.79 Å². The van der Waals surface area contributed by atoms with Crippen LogP contribution in [0.2, 0.25) is 0 Å². The van der Waals surface area contributed by atoms with Crippen molar-refractivity contribution in [3.05, 3.63) is 29.8 Å². The Balaban J connectivity index is 1.80. The van der Waals surface area contributed by atoms with Gasteiger partial charge in [0.1, 0.15) is 0 Å². The van der Waals surface area contributed by atoms with E-state index in [1.165, 1.54) is 0 Å². The Morgan fingerprint density at radius 1 is 1.23 bits per heavy atom. The summed E-state index contributed by atoms with van der Waals surface area (Å²) in [5.41, 5.74) is 1.63. The molecule has 0 spiro atoms. The van der Waals surface area contributed by atoms with Gasteiger partial charge in [0.2, 0.25) is 0 Å². The molecule has 2 rings (SSSR count). The fourth-order valence-electron chi connectivity index (χ4n) is 2.27. The van der Waals surface area contributed by atoms with Gasteiger partial charge in [-0.25, -0.2) is 0 Å². The molecule has 5 heteroatoms. The van der Waals surface area contributed by atoms with Crippen molar-refractivity contribution in [3.8, 4) is 0 Å². The first-order chi connectivity index (χ1) is 10.5. The van der Waals surface area contributed by atoms with Crippen molar-refractivity contribution in [2.45, 2.75) is 26.4 Å². The SMILES string of the molecule is CC(C)(C)OCCNC(=O)c1ccc(N2CCOCC2)cc1. The zero-order valence-electron chi connectivity index (χ0n) is 13.7. The van der Waals surface area contributed by atoms with Crippen LogP contribution in [0.15, 0.2) is 24.3 Å². The summed E-state index contributed by atoms with van der Waals surface area (Å²) in [7, 11) is 0. The molecule has 1 N–H and O–H groups in total. The van der Waals surface area contributed by atoms with Crippen molar-refractivity contribution < 1.29 is 14.3 Å². The largest absolute Gasteiger partial charge is 0.378 e. The van der Waals surface area contributed by atoms with Crippen molar-refractivity contribution >= 4 is 11.6 Å². The molecule has 1 aliphatic rings. The first kappa shape index (κ1) is 16.8. The number of nitrogens with one attached hydrogen (secondary N) is 1. The van der Waals surface area contributed by atoms with Crippen molar-refractivity contribution in [2.24, 2.45) is 0 Å². The molecule has 0 atom stereocenters. The molecule has 0 aromatic heterocycles. The number of carbonyl (C=O) groups excluding carboxylic acids is 1. The van der Waals surface area contributed by atoms with Crippen molar-refractivity contribution in [2.75, 3.05) is 44.4 Å². The van der Waals surface area contributed by atoms with E-state index in [1.807, 2.05) is 45.0 Å². The minimum Gasteiger partial charge on any atom is -0.378 e. The summed E-state index contributed by atoms with van der Waals surface area (Å²) < 4.78 is 10.9. The number of morpholine rings is 1. The number of amides is 1. The molecular weight excluding hydrogens is 280 g/mol. The molecule has 122 valence electrons. The van der Waals surface area contributed by atoms with Crippen LogP contribution in [0.3, 0.4) is 0 Å². The van der Waals surface area contributed by atoms with E-state index in [4.69, 9.17) is 9.47 Å². The van der Waals surface area contributed by atoms with Gasteiger partial charge in [-0.1, -0.05) is 0 Å². The second-order valence-corrected chi connectivity index (χ2v) is 6.36. The molecule has 1 aromatic carbocycles. The maximum atomic E-state index is 12.1. The molecule has 1 saturated heterocycles. The monoisotopic (exact) mass is 306 g/mol. The smallest absolute Gasteiger partial charge is 0.251 e. The third-order valence-corrected chi connectivity index (χ3v) is 3.43. The summed E-state index contributed by atoms with van der Waals surface area (Å²) >= 11 is 0. The van der Waals surface area contributed by atoms with E-state index in [9.17, 15) is 4.79 Å². The number of nitrogens with zero attached hydrogens (tertiary/aromatic N) is 1. The van der Waals surface area contributed by atoms with Crippen LogP contribution >= 0.6 is 0 Å². The van der Waals surface area contributed by atoms with E-state index in [-0.39, 0.29) is 11.5 Å². The van der Waals surface area contributed by atoms with Gasteiger partial charge in [-0.2, -0.15) is 0 Å². The number of rotatable bonds is 5. The molecule has 1 fully saturated rings. The lowest BCUT2D eigenvalue weighted by Gasteiger charge is -2.28. The number of hydrogen-bond donors (Lipinski definition) is 1. The number of benzene rings is 1. The highest BCUT2D eigenvalue weighted by molar-refractivity contribution is 5.94. The summed E-state index contributed by atoms with van der Waals surface area (Å²) in [6.07, 6.45) is 0. The lowest BCUT2D eigenvalue weighted by molar-refractivity contribution is -0.000652. The Morgan fingerprint density at radius 2 is 1.86 bits per heavy atom. The predicted molar refractivity (Wildman–Crippen MR) is 87.5 cm³/mol. The average Bonchev–Trinajstić information content (AvgIpc) is 2.51. The first-order valence-corrected chi connectivity index (χ1v) is 7.81. The zero-order chi connectivity index (χ0) is 16.0. The van der Waals surface area contributed by atoms with Gasteiger partial charge in [-0.15, -0.1) is 0 Å². The number of carbonyl (C=O) groups is 1. The van der Waals surface area contributed by atoms with E-state index < -0.39 is 0 Å². The van der Waals surface area contributed by atoms with Gasteiger partial charge in [0, 0.05) is 30.9 Å². The molecule has 1 amide bonds. The molecule has 1 aromatic rings. The maximum absolute atomic E-state index is 12.1. The standard InChI is InChI=1S/C17H26N2O3/c1-17(2,3)22-11-8-18-16(20)14-4-6-15(7-5-14)19-9-12-21-13-10-19/h4-7H,8-13H2,1-3H3,(H,18,20). The molecule has 1 heterocycles. The van der Waals surface area contributed by atoms with Crippen molar-refractivity contribution in [1.29, 1.82) is 0 Å². The van der Waals surface area contributed by atoms with Crippen LogP contribution in [0, 0.1) is 0 Å². The third kappa shape index (κ3) is 5.31. The second-order valence-electron chi connectivity index (χ2n) is 6.36. The fraction of sp³-hybridized carbons (Fsp3) is 0.588. The average molecular weight is 306 g/mol. The summed E-state index contributed by atoms with van der Waals surface area (Å²) in [4.78, 5) is 14.3. The molecule has 0 saturated carbocycles. The molecule has 0 unspecified atom stereocenters. The van der Waals surface area contributed by atoms with E-state index in [0.29, 0.717) is 18.7 Å². The van der Waals surface area contributed by atoms with Crippen LogP contribution in [0.4, 0.5) is 5.69 Å². The number of anilines is 1. The number of ether oxygens (including phenoxy) is 2. The molecule has 0 aliphatic carbocycles. The highest BCUT2D eigenvalue weighted by atomic mass is 16.5. The van der Waals surface area contributed by atoms with Gasteiger partial charge in [0.15, 0.2) is 0 Å². The predicted octanol–water partition coefficient (Wildman–Crippen LogP) is 2.07. The van der Waals surface area contributed by atoms with Crippen LogP contribution in [0.1, 0.15) is 31.1 Å². The molecule has 0 bridgehead atoms. The van der Waals surface area contributed by atoms with Gasteiger partial charge in [0.25, 0.3) is 5.91 Å². The summed E-state index contributed by atoms with van der Waals surface area (Å²) in [6, 6.07) is 7.72. The molecule has 5 nitrogen and oxygen atoms in total. The topological polar surface area (TPSA) is 50.8 Å². The number of hydrogen-bond acceptors (Lipinski definition) is 4. The van der Waals surface area contributed by atoms with E-state index >= 15 is 0 Å². The van der Waals surface area contributed by atoms with Gasteiger partial charge < -0.3 is 19.7 Å². The van der Waals surface area contributed by atoms with Gasteiger partial charge in [0.05, 0.1) is 25.4 Å². The Morgan fingerprint density at radius 3 is 2.45 bits per heavy atom. The minimum absolute atomic E-state index is 0.0639. The highest BCUT2D eigenvalue weighted by Crippen LogP contribution is 2.16. The molecule has 0 radical (unpaired) electrons. The van der Waals surface area contributed by atoms with Crippen LogP contribution < -0.4 is 10.2 Å². The van der Waals surface area contributed by atoms with E-state index in [0.717, 1.165) is 32.0 Å². The molecule has 22 heavy (non-hydrogen) atoms. The molecule has 1 aliphatic heterocycles. The Bertz CT molecular complexity index is 474.